The van der Waals surface area contributed by atoms with Crippen molar-refractivity contribution in [3.8, 4) is 5.75 Å². The molecule has 0 aromatic heterocycles. The normalized spacial score (nSPS) is 9.76. The van der Waals surface area contributed by atoms with Gasteiger partial charge in [-0.25, -0.2) is 9.87 Å². The summed E-state index contributed by atoms with van der Waals surface area (Å²) in [7, 11) is 1.38. The van der Waals surface area contributed by atoms with Gasteiger partial charge in [0.05, 0.1) is 12.7 Å². The van der Waals surface area contributed by atoms with Crippen LogP contribution in [0.25, 0.3) is 0 Å². The smallest absolute Gasteiger partial charge is 0.277 e. The molecule has 1 rings (SSSR count). The summed E-state index contributed by atoms with van der Waals surface area (Å²) >= 11 is 0. The van der Waals surface area contributed by atoms with Crippen LogP contribution in [-0.4, -0.2) is 25.5 Å². The molecule has 0 aliphatic carbocycles. The quantitative estimate of drug-likeness (QED) is 0.710. The van der Waals surface area contributed by atoms with Crippen molar-refractivity contribution < 1.29 is 23.6 Å². The lowest BCUT2D eigenvalue weighted by Gasteiger charge is -2.06. The highest BCUT2D eigenvalue weighted by molar-refractivity contribution is 5.94. The molecule has 3 N–H and O–H groups in total. The molecule has 1 aromatic rings. The van der Waals surface area contributed by atoms with Gasteiger partial charge in [0, 0.05) is 6.07 Å². The number of primary amides is 1. The van der Waals surface area contributed by atoms with E-state index in [9.17, 15) is 14.0 Å². The third kappa shape index (κ3) is 3.72. The highest BCUT2D eigenvalue weighted by Gasteiger charge is 2.12. The Hall–Kier alpha value is -2.15. The van der Waals surface area contributed by atoms with Crippen LogP contribution < -0.4 is 16.0 Å². The van der Waals surface area contributed by atoms with Gasteiger partial charge in [-0.15, -0.1) is 0 Å². The van der Waals surface area contributed by atoms with Crippen LogP contribution in [0.4, 0.5) is 4.39 Å². The molecule has 92 valence electrons. The largest absolute Gasteiger partial charge is 0.497 e. The second-order valence-corrected chi connectivity index (χ2v) is 3.03. The summed E-state index contributed by atoms with van der Waals surface area (Å²) in [4.78, 5) is 26.2. The van der Waals surface area contributed by atoms with Crippen LogP contribution in [0.2, 0.25) is 0 Å². The van der Waals surface area contributed by atoms with Crippen LogP contribution in [0.3, 0.4) is 0 Å². The van der Waals surface area contributed by atoms with Crippen LogP contribution >= 0.6 is 0 Å². The molecule has 1 aromatic carbocycles. The Balaban J connectivity index is 2.66. The lowest BCUT2D eigenvalue weighted by molar-refractivity contribution is -0.124. The van der Waals surface area contributed by atoms with E-state index in [1.165, 1.54) is 19.2 Å². The third-order valence-corrected chi connectivity index (χ3v) is 1.80. The SMILES string of the molecule is COc1ccc(C(=O)NOCC(N)=O)c(F)c1. The molecule has 0 radical (unpaired) electrons. The molecule has 0 saturated carbocycles. The second kappa shape index (κ2) is 5.80. The van der Waals surface area contributed by atoms with E-state index in [1.807, 2.05) is 5.48 Å². The van der Waals surface area contributed by atoms with Crippen molar-refractivity contribution in [2.24, 2.45) is 5.73 Å². The topological polar surface area (TPSA) is 90.7 Å². The molecular formula is C10H11FN2O4. The molecule has 7 heteroatoms. The van der Waals surface area contributed by atoms with Crippen LogP contribution in [0.5, 0.6) is 5.75 Å². The lowest BCUT2D eigenvalue weighted by Crippen LogP contribution is -2.29. The van der Waals surface area contributed by atoms with E-state index in [-0.39, 0.29) is 11.3 Å². The number of hydroxylamine groups is 1. The van der Waals surface area contributed by atoms with Crippen LogP contribution in [0, 0.1) is 5.82 Å². The number of benzene rings is 1. The van der Waals surface area contributed by atoms with E-state index in [2.05, 4.69) is 4.84 Å². The van der Waals surface area contributed by atoms with Crippen molar-refractivity contribution >= 4 is 11.8 Å². The summed E-state index contributed by atoms with van der Waals surface area (Å²) in [6.45, 7) is -0.483. The molecule has 17 heavy (non-hydrogen) atoms. The predicted octanol–water partition coefficient (Wildman–Crippen LogP) is -0.0190. The zero-order valence-electron chi connectivity index (χ0n) is 9.03. The highest BCUT2D eigenvalue weighted by atomic mass is 19.1. The van der Waals surface area contributed by atoms with E-state index < -0.39 is 24.2 Å². The number of halogens is 1. The van der Waals surface area contributed by atoms with E-state index in [0.29, 0.717) is 0 Å². The van der Waals surface area contributed by atoms with Gasteiger partial charge in [0.25, 0.3) is 5.91 Å². The molecule has 0 heterocycles. The summed E-state index contributed by atoms with van der Waals surface area (Å²) in [5.41, 5.74) is 6.44. The zero-order valence-corrected chi connectivity index (χ0v) is 9.03. The first-order valence-electron chi connectivity index (χ1n) is 4.58. The molecule has 0 aliphatic heterocycles. The minimum Gasteiger partial charge on any atom is -0.497 e. The Labute approximate surface area is 96.5 Å². The number of nitrogens with two attached hydrogens (primary N) is 1. The van der Waals surface area contributed by atoms with Crippen LogP contribution in [0.15, 0.2) is 18.2 Å². The maximum atomic E-state index is 13.4. The van der Waals surface area contributed by atoms with Gasteiger partial charge in [0.15, 0.2) is 6.61 Å². The average molecular weight is 242 g/mol. The van der Waals surface area contributed by atoms with Crippen molar-refractivity contribution in [3.63, 3.8) is 0 Å². The monoisotopic (exact) mass is 242 g/mol. The fraction of sp³-hybridized carbons (Fsp3) is 0.200. The van der Waals surface area contributed by atoms with Gasteiger partial charge < -0.3 is 10.5 Å². The number of carbonyl (C=O) groups is 2. The standard InChI is InChI=1S/C10H11FN2O4/c1-16-6-2-3-7(8(11)4-6)10(15)13-17-5-9(12)14/h2-4H,5H2,1H3,(H2,12,14)(H,13,15). The summed E-state index contributed by atoms with van der Waals surface area (Å²) in [6, 6.07) is 3.71. The Morgan fingerprint density at radius 3 is 2.71 bits per heavy atom. The van der Waals surface area contributed by atoms with Crippen molar-refractivity contribution in [1.82, 2.24) is 5.48 Å². The molecule has 0 bridgehead atoms. The van der Waals surface area contributed by atoms with Gasteiger partial charge in [-0.3, -0.25) is 14.4 Å². The van der Waals surface area contributed by atoms with E-state index in [1.54, 1.807) is 0 Å². The van der Waals surface area contributed by atoms with E-state index in [4.69, 9.17) is 10.5 Å². The minimum atomic E-state index is -0.814. The molecule has 2 amide bonds. The van der Waals surface area contributed by atoms with Crippen LogP contribution in [-0.2, 0) is 9.63 Å². The lowest BCUT2D eigenvalue weighted by atomic mass is 10.2. The first-order chi connectivity index (χ1) is 8.04. The first kappa shape index (κ1) is 12.9. The van der Waals surface area contributed by atoms with Gasteiger partial charge in [-0.2, -0.15) is 0 Å². The Bertz CT molecular complexity index is 436. The summed E-state index contributed by atoms with van der Waals surface area (Å²) in [6.07, 6.45) is 0. The van der Waals surface area contributed by atoms with E-state index >= 15 is 0 Å². The van der Waals surface area contributed by atoms with Crippen molar-refractivity contribution in [2.45, 2.75) is 0 Å². The van der Waals surface area contributed by atoms with Crippen LogP contribution in [0.1, 0.15) is 10.4 Å². The van der Waals surface area contributed by atoms with Crippen molar-refractivity contribution in [1.29, 1.82) is 0 Å². The number of rotatable bonds is 5. The Kier molecular flexibility index (Phi) is 4.41. The van der Waals surface area contributed by atoms with Crippen molar-refractivity contribution in [3.05, 3.63) is 29.6 Å². The number of nitrogens with one attached hydrogen (secondary N) is 1. The van der Waals surface area contributed by atoms with Gasteiger partial charge >= 0.3 is 0 Å². The Morgan fingerprint density at radius 2 is 2.18 bits per heavy atom. The first-order valence-corrected chi connectivity index (χ1v) is 4.58. The number of hydrogen-bond acceptors (Lipinski definition) is 4. The van der Waals surface area contributed by atoms with Gasteiger partial charge in [0.2, 0.25) is 5.91 Å². The zero-order chi connectivity index (χ0) is 12.8. The molecule has 0 atom stereocenters. The maximum absolute atomic E-state index is 13.4. The summed E-state index contributed by atoms with van der Waals surface area (Å²) in [5.74, 6) is -2.03. The number of amides is 2. The molecule has 0 aliphatic rings. The van der Waals surface area contributed by atoms with Gasteiger partial charge in [0.1, 0.15) is 11.6 Å². The van der Waals surface area contributed by atoms with Gasteiger partial charge in [-0.1, -0.05) is 0 Å². The second-order valence-electron chi connectivity index (χ2n) is 3.03. The molecule has 0 saturated heterocycles. The number of ether oxygens (including phenoxy) is 1. The third-order valence-electron chi connectivity index (χ3n) is 1.80. The van der Waals surface area contributed by atoms with E-state index in [0.717, 1.165) is 6.07 Å². The summed E-state index contributed by atoms with van der Waals surface area (Å²) < 4.78 is 18.2. The van der Waals surface area contributed by atoms with Crippen molar-refractivity contribution in [2.75, 3.05) is 13.7 Å². The molecule has 0 spiro atoms. The summed E-state index contributed by atoms with van der Waals surface area (Å²) in [5, 5.41) is 0. The number of carbonyl (C=O) groups excluding carboxylic acids is 2. The maximum Gasteiger partial charge on any atom is 0.277 e. The Morgan fingerprint density at radius 1 is 1.47 bits per heavy atom. The molecular weight excluding hydrogens is 231 g/mol. The minimum absolute atomic E-state index is 0.227. The number of methoxy groups -OCH3 is 1. The fourth-order valence-corrected chi connectivity index (χ4v) is 1.03. The molecule has 6 nitrogen and oxygen atoms in total. The highest BCUT2D eigenvalue weighted by Crippen LogP contribution is 2.15. The molecule has 0 fully saturated rings. The average Bonchev–Trinajstić information content (AvgIpc) is 2.28. The fourth-order valence-electron chi connectivity index (χ4n) is 1.03. The predicted molar refractivity (Wildman–Crippen MR) is 55.6 cm³/mol. The number of hydrogen-bond donors (Lipinski definition) is 2. The molecule has 0 unspecified atom stereocenters. The van der Waals surface area contributed by atoms with Gasteiger partial charge in [-0.05, 0) is 12.1 Å².